The van der Waals surface area contributed by atoms with Gasteiger partial charge < -0.3 is 14.4 Å². The van der Waals surface area contributed by atoms with Crippen molar-refractivity contribution in [2.24, 2.45) is 4.99 Å². The molecule has 0 unspecified atom stereocenters. The van der Waals surface area contributed by atoms with Gasteiger partial charge in [0, 0.05) is 19.1 Å². The SMILES string of the molecule is O=C(COc1ccc(/C=C2\SC(=NC3CCCCC3)N(C3CCCCC3)C2=O)cc1)N1CCOCC1. The molecule has 7 nitrogen and oxygen atoms in total. The number of thioether (sulfide) groups is 1. The number of rotatable bonds is 6. The molecule has 0 aromatic heterocycles. The monoisotopic (exact) mass is 511 g/mol. The van der Waals surface area contributed by atoms with E-state index in [-0.39, 0.29) is 24.5 Å². The number of amides is 2. The molecule has 1 aromatic rings. The zero-order valence-corrected chi connectivity index (χ0v) is 21.8. The molecule has 2 amide bonds. The standard InChI is InChI=1S/C28H37N3O4S/c32-26(30-15-17-34-18-16-30)20-35-24-13-11-21(12-14-24)19-25-27(33)31(23-9-5-2-6-10-23)28(36-25)29-22-7-3-1-4-8-22/h11-14,19,22-23H,1-10,15-18,20H2/b25-19-,29-28?. The molecule has 2 aliphatic heterocycles. The number of morpholine rings is 1. The minimum Gasteiger partial charge on any atom is -0.484 e. The van der Waals surface area contributed by atoms with Crippen LogP contribution in [0, 0.1) is 0 Å². The van der Waals surface area contributed by atoms with E-state index in [2.05, 4.69) is 0 Å². The first-order valence-corrected chi connectivity index (χ1v) is 14.4. The van der Waals surface area contributed by atoms with Crippen LogP contribution in [0.15, 0.2) is 34.2 Å². The topological polar surface area (TPSA) is 71.4 Å². The molecule has 4 aliphatic rings. The van der Waals surface area contributed by atoms with Gasteiger partial charge in [0.2, 0.25) is 0 Å². The normalized spacial score (nSPS) is 24.6. The van der Waals surface area contributed by atoms with Crippen molar-refractivity contribution < 1.29 is 19.1 Å². The first kappa shape index (κ1) is 25.3. The van der Waals surface area contributed by atoms with Crippen molar-refractivity contribution in [2.45, 2.75) is 76.3 Å². The molecule has 1 aromatic carbocycles. The van der Waals surface area contributed by atoms with Crippen LogP contribution >= 0.6 is 11.8 Å². The highest BCUT2D eigenvalue weighted by Crippen LogP contribution is 2.38. The number of amidine groups is 1. The molecule has 0 bridgehead atoms. The fourth-order valence-electron chi connectivity index (χ4n) is 5.46. The second kappa shape index (κ2) is 12.3. The van der Waals surface area contributed by atoms with Crippen LogP contribution < -0.4 is 4.74 Å². The van der Waals surface area contributed by atoms with E-state index in [0.29, 0.717) is 38.1 Å². The third kappa shape index (κ3) is 6.32. The Hall–Kier alpha value is -2.32. The summed E-state index contributed by atoms with van der Waals surface area (Å²) in [6.45, 7) is 2.41. The Labute approximate surface area is 218 Å². The molecule has 0 radical (unpaired) electrons. The number of carbonyl (C=O) groups is 2. The molecule has 2 saturated carbocycles. The molecule has 194 valence electrons. The Morgan fingerprint density at radius 2 is 1.67 bits per heavy atom. The second-order valence-electron chi connectivity index (χ2n) is 10.1. The van der Waals surface area contributed by atoms with E-state index >= 15 is 0 Å². The first-order valence-electron chi connectivity index (χ1n) is 13.6. The van der Waals surface area contributed by atoms with Crippen molar-refractivity contribution in [1.82, 2.24) is 9.80 Å². The van der Waals surface area contributed by atoms with Gasteiger partial charge in [-0.25, -0.2) is 0 Å². The summed E-state index contributed by atoms with van der Waals surface area (Å²) < 4.78 is 11.0. The summed E-state index contributed by atoms with van der Waals surface area (Å²) in [5, 5.41) is 0.909. The maximum Gasteiger partial charge on any atom is 0.266 e. The maximum absolute atomic E-state index is 13.5. The van der Waals surface area contributed by atoms with Gasteiger partial charge in [-0.3, -0.25) is 19.5 Å². The van der Waals surface area contributed by atoms with E-state index in [0.717, 1.165) is 41.3 Å². The molecule has 0 spiro atoms. The summed E-state index contributed by atoms with van der Waals surface area (Å²) in [7, 11) is 0. The van der Waals surface area contributed by atoms with Crippen LogP contribution in [0.25, 0.3) is 6.08 Å². The van der Waals surface area contributed by atoms with Crippen LogP contribution in [0.5, 0.6) is 5.75 Å². The number of benzene rings is 1. The predicted molar refractivity (Wildman–Crippen MR) is 143 cm³/mol. The van der Waals surface area contributed by atoms with E-state index in [1.54, 1.807) is 4.90 Å². The molecule has 2 heterocycles. The van der Waals surface area contributed by atoms with Gasteiger partial charge in [-0.15, -0.1) is 0 Å². The molecular formula is C28H37N3O4S. The minimum absolute atomic E-state index is 0.0200. The molecular weight excluding hydrogens is 474 g/mol. The molecule has 0 atom stereocenters. The summed E-state index contributed by atoms with van der Waals surface area (Å²) in [6.07, 6.45) is 13.8. The predicted octanol–water partition coefficient (Wildman–Crippen LogP) is 4.86. The minimum atomic E-state index is -0.0231. The lowest BCUT2D eigenvalue weighted by molar-refractivity contribution is -0.137. The van der Waals surface area contributed by atoms with Crippen LogP contribution in [-0.2, 0) is 14.3 Å². The van der Waals surface area contributed by atoms with Gasteiger partial charge in [0.05, 0.1) is 24.2 Å². The number of hydrogen-bond donors (Lipinski definition) is 0. The van der Waals surface area contributed by atoms with E-state index in [9.17, 15) is 9.59 Å². The van der Waals surface area contributed by atoms with Crippen molar-refractivity contribution in [3.8, 4) is 5.75 Å². The summed E-state index contributed by atoms with van der Waals surface area (Å²) in [6, 6.07) is 8.22. The van der Waals surface area contributed by atoms with Crippen LogP contribution in [0.2, 0.25) is 0 Å². The summed E-state index contributed by atoms with van der Waals surface area (Å²) in [4.78, 5) is 35.5. The molecule has 4 fully saturated rings. The smallest absolute Gasteiger partial charge is 0.266 e. The van der Waals surface area contributed by atoms with Gasteiger partial charge in [-0.05, 0) is 61.2 Å². The largest absolute Gasteiger partial charge is 0.484 e. The third-order valence-corrected chi connectivity index (χ3v) is 8.55. The Kier molecular flexibility index (Phi) is 8.64. The Morgan fingerprint density at radius 1 is 1.00 bits per heavy atom. The third-order valence-electron chi connectivity index (χ3n) is 7.55. The van der Waals surface area contributed by atoms with E-state index in [1.807, 2.05) is 35.2 Å². The molecule has 5 rings (SSSR count). The lowest BCUT2D eigenvalue weighted by Crippen LogP contribution is -2.42. The second-order valence-corrected chi connectivity index (χ2v) is 11.1. The number of nitrogens with zero attached hydrogens (tertiary/aromatic N) is 3. The molecule has 0 N–H and O–H groups in total. The van der Waals surface area contributed by atoms with Crippen molar-refractivity contribution >= 4 is 34.8 Å². The molecule has 36 heavy (non-hydrogen) atoms. The van der Waals surface area contributed by atoms with Gasteiger partial charge in [-0.2, -0.15) is 0 Å². The van der Waals surface area contributed by atoms with Crippen molar-refractivity contribution in [3.63, 3.8) is 0 Å². The van der Waals surface area contributed by atoms with Crippen LogP contribution in [0.3, 0.4) is 0 Å². The summed E-state index contributed by atoms with van der Waals surface area (Å²) in [5.74, 6) is 0.718. The zero-order valence-electron chi connectivity index (χ0n) is 21.0. The van der Waals surface area contributed by atoms with E-state index in [4.69, 9.17) is 14.5 Å². The van der Waals surface area contributed by atoms with Gasteiger partial charge in [0.25, 0.3) is 11.8 Å². The highest BCUT2D eigenvalue weighted by molar-refractivity contribution is 8.18. The van der Waals surface area contributed by atoms with Crippen LogP contribution in [0.1, 0.15) is 69.8 Å². The lowest BCUT2D eigenvalue weighted by Gasteiger charge is -2.31. The average Bonchev–Trinajstić information content (AvgIpc) is 3.23. The van der Waals surface area contributed by atoms with E-state index in [1.165, 1.54) is 50.3 Å². The number of aliphatic imine (C=N–C) groups is 1. The average molecular weight is 512 g/mol. The first-order chi connectivity index (χ1) is 17.7. The number of carbonyl (C=O) groups excluding carboxylic acids is 2. The molecule has 8 heteroatoms. The quantitative estimate of drug-likeness (QED) is 0.510. The highest BCUT2D eigenvalue weighted by Gasteiger charge is 2.39. The van der Waals surface area contributed by atoms with Gasteiger partial charge in [-0.1, -0.05) is 50.7 Å². The number of hydrogen-bond acceptors (Lipinski definition) is 6. The van der Waals surface area contributed by atoms with Gasteiger partial charge >= 0.3 is 0 Å². The highest BCUT2D eigenvalue weighted by atomic mass is 32.2. The Morgan fingerprint density at radius 3 is 2.36 bits per heavy atom. The summed E-state index contributed by atoms with van der Waals surface area (Å²) in [5.41, 5.74) is 0.945. The molecule has 2 saturated heterocycles. The lowest BCUT2D eigenvalue weighted by atomic mass is 9.94. The fraction of sp³-hybridized carbons (Fsp3) is 0.607. The van der Waals surface area contributed by atoms with Crippen LogP contribution in [0.4, 0.5) is 0 Å². The fourth-order valence-corrected chi connectivity index (χ4v) is 6.57. The van der Waals surface area contributed by atoms with Gasteiger partial charge in [0.15, 0.2) is 11.8 Å². The maximum atomic E-state index is 13.5. The van der Waals surface area contributed by atoms with Crippen molar-refractivity contribution in [3.05, 3.63) is 34.7 Å². The van der Waals surface area contributed by atoms with E-state index < -0.39 is 0 Å². The van der Waals surface area contributed by atoms with Crippen molar-refractivity contribution in [1.29, 1.82) is 0 Å². The van der Waals surface area contributed by atoms with Gasteiger partial charge in [0.1, 0.15) is 5.75 Å². The Bertz CT molecular complexity index is 975. The number of ether oxygens (including phenoxy) is 2. The summed E-state index contributed by atoms with van der Waals surface area (Å²) >= 11 is 1.54. The zero-order chi connectivity index (χ0) is 24.7. The van der Waals surface area contributed by atoms with Crippen molar-refractivity contribution in [2.75, 3.05) is 32.9 Å². The Balaban J connectivity index is 1.26. The molecule has 2 aliphatic carbocycles. The van der Waals surface area contributed by atoms with Crippen LogP contribution in [-0.4, -0.2) is 71.8 Å².